The number of rotatable bonds is 3. The number of hydrogen-bond donors (Lipinski definition) is 1. The molecule has 3 rings (SSSR count). The maximum atomic E-state index is 12.7. The van der Waals surface area contributed by atoms with Crippen molar-refractivity contribution in [2.75, 3.05) is 31.1 Å². The zero-order valence-corrected chi connectivity index (χ0v) is 16.5. The first-order valence-corrected chi connectivity index (χ1v) is 8.91. The second-order valence-electron chi connectivity index (χ2n) is 6.95. The van der Waals surface area contributed by atoms with E-state index >= 15 is 0 Å². The molecule has 1 amide bonds. The fourth-order valence-corrected chi connectivity index (χ4v) is 3.76. The van der Waals surface area contributed by atoms with Gasteiger partial charge in [-0.25, -0.2) is 4.98 Å². The summed E-state index contributed by atoms with van der Waals surface area (Å²) in [6.07, 6.45) is 7.82. The highest BCUT2D eigenvalue weighted by atomic mass is 35.5. The Morgan fingerprint density at radius 3 is 2.40 bits per heavy atom. The third-order valence-electron chi connectivity index (χ3n) is 5.18. The number of amides is 1. The molecule has 0 spiro atoms. The van der Waals surface area contributed by atoms with E-state index in [9.17, 15) is 4.79 Å². The van der Waals surface area contributed by atoms with Crippen LogP contribution in [0.3, 0.4) is 0 Å². The van der Waals surface area contributed by atoms with Crippen molar-refractivity contribution < 1.29 is 4.79 Å². The van der Waals surface area contributed by atoms with Gasteiger partial charge in [-0.1, -0.05) is 12.8 Å². The van der Waals surface area contributed by atoms with E-state index in [1.54, 1.807) is 6.20 Å². The van der Waals surface area contributed by atoms with Gasteiger partial charge in [-0.15, -0.1) is 24.8 Å². The van der Waals surface area contributed by atoms with Gasteiger partial charge in [0, 0.05) is 31.9 Å². The molecular weight excluding hydrogens is 359 g/mol. The number of nitrogens with two attached hydrogens (primary N) is 1. The summed E-state index contributed by atoms with van der Waals surface area (Å²) in [6.45, 7) is 5.67. The summed E-state index contributed by atoms with van der Waals surface area (Å²) in [5.41, 5.74) is 6.44. The molecule has 5 nitrogen and oxygen atoms in total. The van der Waals surface area contributed by atoms with E-state index in [1.165, 1.54) is 25.7 Å². The van der Waals surface area contributed by atoms with Crippen LogP contribution < -0.4 is 10.6 Å². The number of anilines is 1. The largest absolute Gasteiger partial charge is 0.357 e. The standard InChI is InChI=1S/C18H28N4O.2ClH/c1-14-10-15(11-19)13-22(14)18(23)16-6-7-17(20-12-16)21-8-4-2-3-5-9-21;;/h6-7,12,14-15H,2-5,8-11,13,19H2,1H3;2*1H. The van der Waals surface area contributed by atoms with Gasteiger partial charge in [0.15, 0.2) is 0 Å². The van der Waals surface area contributed by atoms with E-state index in [-0.39, 0.29) is 36.8 Å². The Labute approximate surface area is 163 Å². The van der Waals surface area contributed by atoms with Crippen LogP contribution in [0.25, 0.3) is 0 Å². The summed E-state index contributed by atoms with van der Waals surface area (Å²) in [4.78, 5) is 21.5. The van der Waals surface area contributed by atoms with Gasteiger partial charge in [0.2, 0.25) is 0 Å². The lowest BCUT2D eigenvalue weighted by atomic mass is 10.1. The predicted molar refractivity (Wildman–Crippen MR) is 107 cm³/mol. The van der Waals surface area contributed by atoms with Crippen LogP contribution in [-0.2, 0) is 0 Å². The smallest absolute Gasteiger partial charge is 0.255 e. The molecule has 2 atom stereocenters. The minimum absolute atomic E-state index is 0. The van der Waals surface area contributed by atoms with E-state index in [4.69, 9.17) is 5.73 Å². The first-order valence-electron chi connectivity index (χ1n) is 8.91. The molecule has 1 aromatic rings. The van der Waals surface area contributed by atoms with Crippen molar-refractivity contribution in [2.45, 2.75) is 45.1 Å². The molecule has 2 aliphatic rings. The normalized spacial score (nSPS) is 23.4. The molecule has 0 saturated carbocycles. The van der Waals surface area contributed by atoms with E-state index in [0.29, 0.717) is 18.0 Å². The zero-order chi connectivity index (χ0) is 16.2. The van der Waals surface area contributed by atoms with Crippen LogP contribution in [0.5, 0.6) is 0 Å². The van der Waals surface area contributed by atoms with Crippen LogP contribution in [0.15, 0.2) is 18.3 Å². The SMILES string of the molecule is CC1CC(CN)CN1C(=O)c1ccc(N2CCCCCC2)nc1.Cl.Cl. The summed E-state index contributed by atoms with van der Waals surface area (Å²) in [5.74, 6) is 1.51. The Morgan fingerprint density at radius 1 is 1.20 bits per heavy atom. The van der Waals surface area contributed by atoms with Gasteiger partial charge in [-0.05, 0) is 50.8 Å². The van der Waals surface area contributed by atoms with Crippen molar-refractivity contribution in [3.05, 3.63) is 23.9 Å². The molecule has 7 heteroatoms. The molecule has 2 aliphatic heterocycles. The molecule has 0 aromatic carbocycles. The third kappa shape index (κ3) is 5.22. The molecule has 0 aliphatic carbocycles. The molecule has 2 N–H and O–H groups in total. The van der Waals surface area contributed by atoms with Crippen molar-refractivity contribution in [3.63, 3.8) is 0 Å². The van der Waals surface area contributed by atoms with Crippen LogP contribution in [-0.4, -0.2) is 48.0 Å². The number of carbonyl (C=O) groups is 1. The maximum absolute atomic E-state index is 12.7. The molecule has 25 heavy (non-hydrogen) atoms. The fourth-order valence-electron chi connectivity index (χ4n) is 3.76. The highest BCUT2D eigenvalue weighted by molar-refractivity contribution is 5.94. The van der Waals surface area contributed by atoms with Crippen LogP contribution in [0.1, 0.15) is 49.4 Å². The van der Waals surface area contributed by atoms with Crippen LogP contribution >= 0.6 is 24.8 Å². The lowest BCUT2D eigenvalue weighted by Gasteiger charge is -2.23. The van der Waals surface area contributed by atoms with Gasteiger partial charge in [-0.2, -0.15) is 0 Å². The molecular formula is C18H30Cl2N4O. The Balaban J connectivity index is 0.00000156. The highest BCUT2D eigenvalue weighted by Gasteiger charge is 2.32. The number of halogens is 2. The minimum Gasteiger partial charge on any atom is -0.357 e. The highest BCUT2D eigenvalue weighted by Crippen LogP contribution is 2.24. The Kier molecular flexibility index (Phi) is 8.97. The van der Waals surface area contributed by atoms with Crippen molar-refractivity contribution >= 4 is 36.5 Å². The quantitative estimate of drug-likeness (QED) is 0.863. The summed E-state index contributed by atoms with van der Waals surface area (Å²) >= 11 is 0. The van der Waals surface area contributed by atoms with Crippen molar-refractivity contribution in [1.29, 1.82) is 0 Å². The Bertz CT molecular complexity index is 532. The second-order valence-corrected chi connectivity index (χ2v) is 6.95. The fraction of sp³-hybridized carbons (Fsp3) is 0.667. The van der Waals surface area contributed by atoms with E-state index < -0.39 is 0 Å². The number of nitrogens with zero attached hydrogens (tertiary/aromatic N) is 3. The Hall–Kier alpha value is -1.04. The molecule has 142 valence electrons. The molecule has 0 radical (unpaired) electrons. The first kappa shape index (κ1) is 22.0. The molecule has 3 heterocycles. The van der Waals surface area contributed by atoms with Crippen molar-refractivity contribution in [3.8, 4) is 0 Å². The summed E-state index contributed by atoms with van der Waals surface area (Å²) in [7, 11) is 0. The predicted octanol–water partition coefficient (Wildman–Crippen LogP) is 3.11. The third-order valence-corrected chi connectivity index (χ3v) is 5.18. The lowest BCUT2D eigenvalue weighted by molar-refractivity contribution is 0.0743. The topological polar surface area (TPSA) is 62.5 Å². The number of pyridine rings is 1. The average molecular weight is 389 g/mol. The van der Waals surface area contributed by atoms with Gasteiger partial charge >= 0.3 is 0 Å². The Morgan fingerprint density at radius 2 is 1.88 bits per heavy atom. The summed E-state index contributed by atoms with van der Waals surface area (Å²) < 4.78 is 0. The molecule has 0 bridgehead atoms. The van der Waals surface area contributed by atoms with Crippen LogP contribution in [0.2, 0.25) is 0 Å². The monoisotopic (exact) mass is 388 g/mol. The van der Waals surface area contributed by atoms with Gasteiger partial charge < -0.3 is 15.5 Å². The van der Waals surface area contributed by atoms with Gasteiger partial charge in [0.05, 0.1) is 5.56 Å². The summed E-state index contributed by atoms with van der Waals surface area (Å²) in [6, 6.07) is 4.19. The van der Waals surface area contributed by atoms with Gasteiger partial charge in [0.1, 0.15) is 5.82 Å². The number of likely N-dealkylation sites (tertiary alicyclic amines) is 1. The van der Waals surface area contributed by atoms with Crippen LogP contribution in [0.4, 0.5) is 5.82 Å². The van der Waals surface area contributed by atoms with Gasteiger partial charge in [0.25, 0.3) is 5.91 Å². The zero-order valence-electron chi connectivity index (χ0n) is 14.9. The molecule has 2 saturated heterocycles. The second kappa shape index (κ2) is 10.2. The average Bonchev–Trinajstić information content (AvgIpc) is 2.78. The van der Waals surface area contributed by atoms with Crippen LogP contribution in [0, 0.1) is 5.92 Å². The first-order chi connectivity index (χ1) is 11.2. The molecule has 2 unspecified atom stereocenters. The molecule has 1 aromatic heterocycles. The maximum Gasteiger partial charge on any atom is 0.255 e. The number of carbonyl (C=O) groups excluding carboxylic acids is 1. The lowest BCUT2D eigenvalue weighted by Crippen LogP contribution is -2.34. The number of aromatic nitrogens is 1. The van der Waals surface area contributed by atoms with E-state index in [1.807, 2.05) is 17.0 Å². The van der Waals surface area contributed by atoms with Crippen molar-refractivity contribution in [2.24, 2.45) is 11.7 Å². The van der Waals surface area contributed by atoms with E-state index in [0.717, 1.165) is 31.9 Å². The van der Waals surface area contributed by atoms with Crippen molar-refractivity contribution in [1.82, 2.24) is 9.88 Å². The minimum atomic E-state index is 0. The van der Waals surface area contributed by atoms with E-state index in [2.05, 4.69) is 16.8 Å². The molecule has 2 fully saturated rings. The number of hydrogen-bond acceptors (Lipinski definition) is 4. The summed E-state index contributed by atoms with van der Waals surface area (Å²) in [5, 5.41) is 0. The van der Waals surface area contributed by atoms with Gasteiger partial charge in [-0.3, -0.25) is 4.79 Å².